The molecule has 0 unspecified atom stereocenters. The van der Waals surface area contributed by atoms with Crippen LogP contribution in [0.1, 0.15) is 29.5 Å². The first-order chi connectivity index (χ1) is 13.4. The molecule has 0 aliphatic rings. The molecule has 0 radical (unpaired) electrons. The summed E-state index contributed by atoms with van der Waals surface area (Å²) in [6, 6.07) is 12.1. The van der Waals surface area contributed by atoms with Gasteiger partial charge in [0.25, 0.3) is 0 Å². The standard InChI is InChI=1S/C22H23ClN2OS2/c1-14-11-15(2)21(16(3)12-14)19-13-28-22(24-19)25-20(26)5-4-10-27-18-8-6-17(23)7-9-18/h6-9,11-13H,4-5,10H2,1-3H3,(H,24,25,26). The van der Waals surface area contributed by atoms with E-state index in [2.05, 4.69) is 43.2 Å². The molecule has 1 aromatic heterocycles. The highest BCUT2D eigenvalue weighted by atomic mass is 35.5. The minimum Gasteiger partial charge on any atom is -0.302 e. The lowest BCUT2D eigenvalue weighted by atomic mass is 9.98. The number of nitrogens with zero attached hydrogens (tertiary/aromatic N) is 1. The second-order valence-corrected chi connectivity index (χ2v) is 9.23. The Morgan fingerprint density at radius 1 is 1.14 bits per heavy atom. The Hall–Kier alpha value is -1.82. The second-order valence-electron chi connectivity index (χ2n) is 6.77. The van der Waals surface area contributed by atoms with Crippen LogP contribution in [0.4, 0.5) is 5.13 Å². The Balaban J connectivity index is 1.51. The minimum atomic E-state index is 0.00922. The third-order valence-electron chi connectivity index (χ3n) is 4.31. The summed E-state index contributed by atoms with van der Waals surface area (Å²) >= 11 is 9.09. The summed E-state index contributed by atoms with van der Waals surface area (Å²) in [4.78, 5) is 18.0. The van der Waals surface area contributed by atoms with Crippen molar-refractivity contribution in [3.8, 4) is 11.3 Å². The van der Waals surface area contributed by atoms with Gasteiger partial charge in [0.1, 0.15) is 0 Å². The number of carbonyl (C=O) groups excluding carboxylic acids is 1. The third kappa shape index (κ3) is 5.60. The number of nitrogens with one attached hydrogen (secondary N) is 1. The minimum absolute atomic E-state index is 0.00922. The first kappa shape index (κ1) is 20.9. The normalized spacial score (nSPS) is 10.9. The summed E-state index contributed by atoms with van der Waals surface area (Å²) < 4.78 is 0. The lowest BCUT2D eigenvalue weighted by Gasteiger charge is -2.08. The number of halogens is 1. The first-order valence-electron chi connectivity index (χ1n) is 9.14. The highest BCUT2D eigenvalue weighted by Gasteiger charge is 2.12. The van der Waals surface area contributed by atoms with Crippen molar-refractivity contribution in [3.63, 3.8) is 0 Å². The van der Waals surface area contributed by atoms with Crippen molar-refractivity contribution in [3.05, 3.63) is 63.5 Å². The van der Waals surface area contributed by atoms with Gasteiger partial charge in [0, 0.05) is 27.3 Å². The van der Waals surface area contributed by atoms with Crippen LogP contribution in [0.25, 0.3) is 11.3 Å². The Bertz CT molecular complexity index is 944. The molecule has 6 heteroatoms. The fourth-order valence-corrected chi connectivity index (χ4v) is 4.86. The van der Waals surface area contributed by atoms with Crippen molar-refractivity contribution in [2.75, 3.05) is 11.1 Å². The molecule has 2 aromatic carbocycles. The average Bonchev–Trinajstić information content (AvgIpc) is 3.07. The Morgan fingerprint density at radius 3 is 2.50 bits per heavy atom. The molecule has 0 aliphatic heterocycles. The first-order valence-corrected chi connectivity index (χ1v) is 11.4. The van der Waals surface area contributed by atoms with Gasteiger partial charge in [0.05, 0.1) is 5.69 Å². The number of aromatic nitrogens is 1. The number of amides is 1. The highest BCUT2D eigenvalue weighted by molar-refractivity contribution is 7.99. The Morgan fingerprint density at radius 2 is 1.82 bits per heavy atom. The van der Waals surface area contributed by atoms with Crippen LogP contribution in [0.15, 0.2) is 46.7 Å². The number of thioether (sulfide) groups is 1. The van der Waals surface area contributed by atoms with E-state index in [1.165, 1.54) is 32.9 Å². The van der Waals surface area contributed by atoms with Gasteiger partial charge in [-0.15, -0.1) is 23.1 Å². The molecule has 3 rings (SSSR count). The second kappa shape index (κ2) is 9.59. The van der Waals surface area contributed by atoms with Crippen molar-refractivity contribution in [2.45, 2.75) is 38.5 Å². The lowest BCUT2D eigenvalue weighted by molar-refractivity contribution is -0.116. The third-order valence-corrected chi connectivity index (χ3v) is 6.42. The zero-order chi connectivity index (χ0) is 20.1. The number of carbonyl (C=O) groups is 1. The molecule has 146 valence electrons. The molecule has 1 heterocycles. The van der Waals surface area contributed by atoms with Crippen LogP contribution in [0.2, 0.25) is 5.02 Å². The molecule has 0 bridgehead atoms. The maximum Gasteiger partial charge on any atom is 0.226 e. The molecule has 1 amide bonds. The van der Waals surface area contributed by atoms with Gasteiger partial charge in [0.2, 0.25) is 5.91 Å². The van der Waals surface area contributed by atoms with Gasteiger partial charge in [-0.05, 0) is 68.3 Å². The number of thiazole rings is 1. The highest BCUT2D eigenvalue weighted by Crippen LogP contribution is 2.31. The molecular formula is C22H23ClN2OS2. The van der Waals surface area contributed by atoms with Crippen molar-refractivity contribution < 1.29 is 4.79 Å². The van der Waals surface area contributed by atoms with Crippen molar-refractivity contribution in [2.24, 2.45) is 0 Å². The average molecular weight is 431 g/mol. The van der Waals surface area contributed by atoms with Gasteiger partial charge < -0.3 is 5.32 Å². The molecule has 0 aliphatic carbocycles. The molecule has 0 fully saturated rings. The molecule has 3 nitrogen and oxygen atoms in total. The monoisotopic (exact) mass is 430 g/mol. The van der Waals surface area contributed by atoms with Crippen molar-refractivity contribution in [1.29, 1.82) is 0 Å². The maximum absolute atomic E-state index is 12.2. The van der Waals surface area contributed by atoms with E-state index in [1.807, 2.05) is 29.6 Å². The van der Waals surface area contributed by atoms with Crippen LogP contribution >= 0.6 is 34.7 Å². The van der Waals surface area contributed by atoms with E-state index in [4.69, 9.17) is 11.6 Å². The number of benzene rings is 2. The zero-order valence-electron chi connectivity index (χ0n) is 16.2. The molecule has 3 aromatic rings. The zero-order valence-corrected chi connectivity index (χ0v) is 18.6. The van der Waals surface area contributed by atoms with Crippen LogP contribution in [-0.2, 0) is 4.79 Å². The molecule has 28 heavy (non-hydrogen) atoms. The van der Waals surface area contributed by atoms with E-state index in [-0.39, 0.29) is 5.91 Å². The number of anilines is 1. The number of aryl methyl sites for hydroxylation is 3. The van der Waals surface area contributed by atoms with E-state index < -0.39 is 0 Å². The number of hydrogen-bond donors (Lipinski definition) is 1. The van der Waals surface area contributed by atoms with Crippen LogP contribution in [0.5, 0.6) is 0 Å². The van der Waals surface area contributed by atoms with Gasteiger partial charge in [0.15, 0.2) is 5.13 Å². The molecule has 0 saturated carbocycles. The maximum atomic E-state index is 12.2. The van der Waals surface area contributed by atoms with Crippen LogP contribution in [0.3, 0.4) is 0 Å². The van der Waals surface area contributed by atoms with Crippen LogP contribution in [-0.4, -0.2) is 16.6 Å². The van der Waals surface area contributed by atoms with Gasteiger partial charge in [-0.2, -0.15) is 0 Å². The van der Waals surface area contributed by atoms with E-state index in [0.717, 1.165) is 28.5 Å². The van der Waals surface area contributed by atoms with Crippen molar-refractivity contribution in [1.82, 2.24) is 4.98 Å². The molecule has 0 spiro atoms. The Labute approximate surface area is 179 Å². The summed E-state index contributed by atoms with van der Waals surface area (Å²) in [5, 5.41) is 6.34. The predicted octanol–water partition coefficient (Wildman–Crippen LogP) is 6.90. The summed E-state index contributed by atoms with van der Waals surface area (Å²) in [5.74, 6) is 0.898. The molecular weight excluding hydrogens is 408 g/mol. The Kier molecular flexibility index (Phi) is 7.16. The summed E-state index contributed by atoms with van der Waals surface area (Å²) in [5.41, 5.74) is 5.74. The quantitative estimate of drug-likeness (QED) is 0.327. The topological polar surface area (TPSA) is 42.0 Å². The lowest BCUT2D eigenvalue weighted by Crippen LogP contribution is -2.11. The predicted molar refractivity (Wildman–Crippen MR) is 122 cm³/mol. The van der Waals surface area contributed by atoms with Gasteiger partial charge in [-0.3, -0.25) is 4.79 Å². The van der Waals surface area contributed by atoms with Gasteiger partial charge in [-0.25, -0.2) is 4.98 Å². The van der Waals surface area contributed by atoms with Gasteiger partial charge in [-0.1, -0.05) is 29.3 Å². The largest absolute Gasteiger partial charge is 0.302 e. The fourth-order valence-electron chi connectivity index (χ4n) is 3.17. The van der Waals surface area contributed by atoms with E-state index in [1.54, 1.807) is 11.8 Å². The smallest absolute Gasteiger partial charge is 0.226 e. The van der Waals surface area contributed by atoms with Gasteiger partial charge >= 0.3 is 0 Å². The molecule has 0 atom stereocenters. The van der Waals surface area contributed by atoms with E-state index in [0.29, 0.717) is 11.6 Å². The van der Waals surface area contributed by atoms with Crippen LogP contribution in [0, 0.1) is 20.8 Å². The molecule has 1 N–H and O–H groups in total. The van der Waals surface area contributed by atoms with E-state index >= 15 is 0 Å². The summed E-state index contributed by atoms with van der Waals surface area (Å²) in [6.07, 6.45) is 1.30. The number of rotatable bonds is 7. The van der Waals surface area contributed by atoms with Crippen LogP contribution < -0.4 is 5.32 Å². The fraction of sp³-hybridized carbons (Fsp3) is 0.273. The van der Waals surface area contributed by atoms with E-state index in [9.17, 15) is 4.79 Å². The summed E-state index contributed by atoms with van der Waals surface area (Å²) in [7, 11) is 0. The molecule has 0 saturated heterocycles. The number of hydrogen-bond acceptors (Lipinski definition) is 4. The SMILES string of the molecule is Cc1cc(C)c(-c2csc(NC(=O)CCCSc3ccc(Cl)cc3)n2)c(C)c1. The summed E-state index contributed by atoms with van der Waals surface area (Å²) in [6.45, 7) is 6.30. The van der Waals surface area contributed by atoms with Crippen molar-refractivity contribution >= 4 is 45.7 Å².